The second kappa shape index (κ2) is 5.43. The van der Waals surface area contributed by atoms with Crippen LogP contribution in [0.2, 0.25) is 0 Å². The fourth-order valence-electron chi connectivity index (χ4n) is 1.62. The molecule has 0 bridgehead atoms. The summed E-state index contributed by atoms with van der Waals surface area (Å²) in [7, 11) is 1.45. The second-order valence-electron chi connectivity index (χ2n) is 3.87. The third kappa shape index (κ3) is 2.85. The van der Waals surface area contributed by atoms with Crippen molar-refractivity contribution in [2.45, 2.75) is 13.5 Å². The van der Waals surface area contributed by atoms with Crippen molar-refractivity contribution in [2.75, 3.05) is 7.11 Å². The van der Waals surface area contributed by atoms with Gasteiger partial charge >= 0.3 is 5.97 Å². The molecule has 2 rings (SSSR count). The van der Waals surface area contributed by atoms with Crippen molar-refractivity contribution in [1.82, 2.24) is 5.16 Å². The van der Waals surface area contributed by atoms with Gasteiger partial charge in [-0.05, 0) is 19.1 Å². The van der Waals surface area contributed by atoms with E-state index in [1.165, 1.54) is 13.2 Å². The zero-order chi connectivity index (χ0) is 13.8. The molecule has 6 nitrogen and oxygen atoms in total. The quantitative estimate of drug-likeness (QED) is 0.891. The summed E-state index contributed by atoms with van der Waals surface area (Å²) < 4.78 is 15.6. The fourth-order valence-corrected chi connectivity index (χ4v) is 1.62. The van der Waals surface area contributed by atoms with Crippen LogP contribution in [-0.4, -0.2) is 23.3 Å². The summed E-state index contributed by atoms with van der Waals surface area (Å²) in [5.41, 5.74) is 0.771. The molecular weight excluding hydrogens is 250 g/mol. The predicted molar refractivity (Wildman–Crippen MR) is 65.5 cm³/mol. The van der Waals surface area contributed by atoms with Crippen molar-refractivity contribution < 1.29 is 23.9 Å². The monoisotopic (exact) mass is 263 g/mol. The van der Waals surface area contributed by atoms with E-state index in [1.54, 1.807) is 25.1 Å². The van der Waals surface area contributed by atoms with Gasteiger partial charge in [-0.1, -0.05) is 11.2 Å². The maximum absolute atomic E-state index is 11.1. The van der Waals surface area contributed by atoms with Gasteiger partial charge in [-0.15, -0.1) is 0 Å². The number of aryl methyl sites for hydroxylation is 1. The van der Waals surface area contributed by atoms with Gasteiger partial charge < -0.3 is 19.1 Å². The molecule has 0 aliphatic heterocycles. The molecule has 2 aromatic rings. The van der Waals surface area contributed by atoms with Crippen LogP contribution in [0, 0.1) is 6.92 Å². The third-order valence-corrected chi connectivity index (χ3v) is 2.46. The molecular formula is C13H13NO5. The topological polar surface area (TPSA) is 81.8 Å². The molecule has 0 aliphatic rings. The first-order chi connectivity index (χ1) is 9.11. The molecule has 1 N–H and O–H groups in total. The van der Waals surface area contributed by atoms with E-state index in [9.17, 15) is 4.79 Å². The van der Waals surface area contributed by atoms with Crippen LogP contribution in [0.25, 0.3) is 0 Å². The minimum Gasteiger partial charge on any atom is -0.493 e. The highest BCUT2D eigenvalue weighted by Crippen LogP contribution is 2.31. The largest absolute Gasteiger partial charge is 0.493 e. The molecule has 6 heteroatoms. The molecule has 0 saturated carbocycles. The van der Waals surface area contributed by atoms with E-state index in [0.29, 0.717) is 11.5 Å². The van der Waals surface area contributed by atoms with Crippen LogP contribution in [0.3, 0.4) is 0 Å². The van der Waals surface area contributed by atoms with E-state index in [0.717, 1.165) is 5.69 Å². The Balaban J connectivity index is 2.25. The number of benzene rings is 1. The van der Waals surface area contributed by atoms with Gasteiger partial charge in [0.25, 0.3) is 0 Å². The van der Waals surface area contributed by atoms with Crippen LogP contribution in [0.5, 0.6) is 11.5 Å². The average molecular weight is 263 g/mol. The van der Waals surface area contributed by atoms with E-state index >= 15 is 0 Å². The predicted octanol–water partition coefficient (Wildman–Crippen LogP) is 2.27. The summed E-state index contributed by atoms with van der Waals surface area (Å²) in [4.78, 5) is 11.1. The minimum absolute atomic E-state index is 0.0376. The number of methoxy groups -OCH3 is 1. The van der Waals surface area contributed by atoms with Crippen LogP contribution in [0.15, 0.2) is 28.8 Å². The maximum Gasteiger partial charge on any atom is 0.339 e. The number of aromatic nitrogens is 1. The summed E-state index contributed by atoms with van der Waals surface area (Å²) in [5.74, 6) is -0.0370. The van der Waals surface area contributed by atoms with Gasteiger partial charge in [0.2, 0.25) is 0 Å². The number of carbonyl (C=O) groups is 1. The molecule has 0 aliphatic carbocycles. The molecule has 0 unspecified atom stereocenters. The summed E-state index contributed by atoms with van der Waals surface area (Å²) in [5, 5.41) is 12.8. The van der Waals surface area contributed by atoms with Gasteiger partial charge in [0, 0.05) is 6.07 Å². The summed E-state index contributed by atoms with van der Waals surface area (Å²) in [6, 6.07) is 6.39. The van der Waals surface area contributed by atoms with E-state index in [1.807, 2.05) is 0 Å². The number of ether oxygens (including phenoxy) is 2. The number of para-hydroxylation sites is 1. The molecule has 0 atom stereocenters. The summed E-state index contributed by atoms with van der Waals surface area (Å²) in [6.07, 6.45) is 0. The van der Waals surface area contributed by atoms with Gasteiger partial charge in [-0.2, -0.15) is 0 Å². The lowest BCUT2D eigenvalue weighted by atomic mass is 10.2. The van der Waals surface area contributed by atoms with E-state index in [-0.39, 0.29) is 17.9 Å². The molecule has 0 spiro atoms. The summed E-state index contributed by atoms with van der Waals surface area (Å²) >= 11 is 0. The van der Waals surface area contributed by atoms with E-state index in [2.05, 4.69) is 5.16 Å². The van der Waals surface area contributed by atoms with E-state index in [4.69, 9.17) is 19.1 Å². The van der Waals surface area contributed by atoms with Crippen molar-refractivity contribution >= 4 is 5.97 Å². The van der Waals surface area contributed by atoms with Crippen LogP contribution >= 0.6 is 0 Å². The maximum atomic E-state index is 11.1. The van der Waals surface area contributed by atoms with Gasteiger partial charge in [0.1, 0.15) is 12.2 Å². The highest BCUT2D eigenvalue weighted by Gasteiger charge is 2.16. The lowest BCUT2D eigenvalue weighted by molar-refractivity contribution is 0.0690. The molecule has 0 saturated heterocycles. The number of carboxylic acids is 1. The van der Waals surface area contributed by atoms with Gasteiger partial charge in [-0.3, -0.25) is 0 Å². The van der Waals surface area contributed by atoms with Crippen molar-refractivity contribution in [3.05, 3.63) is 41.3 Å². The lowest BCUT2D eigenvalue weighted by Crippen LogP contribution is -2.04. The molecule has 0 amide bonds. The Kier molecular flexibility index (Phi) is 3.70. The van der Waals surface area contributed by atoms with E-state index < -0.39 is 5.97 Å². The summed E-state index contributed by atoms with van der Waals surface area (Å²) in [6.45, 7) is 1.88. The molecule has 100 valence electrons. The number of hydrogen-bond donors (Lipinski definition) is 1. The Morgan fingerprint density at radius 3 is 2.84 bits per heavy atom. The van der Waals surface area contributed by atoms with Gasteiger partial charge in [-0.25, -0.2) is 4.79 Å². The Morgan fingerprint density at radius 2 is 2.26 bits per heavy atom. The van der Waals surface area contributed by atoms with Crippen LogP contribution < -0.4 is 9.47 Å². The first kappa shape index (κ1) is 12.9. The number of nitrogens with zero attached hydrogens (tertiary/aromatic N) is 1. The van der Waals surface area contributed by atoms with Gasteiger partial charge in [0.15, 0.2) is 17.3 Å². The zero-order valence-corrected chi connectivity index (χ0v) is 10.5. The van der Waals surface area contributed by atoms with Crippen LogP contribution in [-0.2, 0) is 6.61 Å². The molecule has 0 fully saturated rings. The van der Waals surface area contributed by atoms with Crippen molar-refractivity contribution in [2.24, 2.45) is 0 Å². The zero-order valence-electron chi connectivity index (χ0n) is 10.5. The SMILES string of the molecule is COc1cccc(C(=O)O)c1OCc1cc(C)no1. The second-order valence-corrected chi connectivity index (χ2v) is 3.87. The highest BCUT2D eigenvalue weighted by molar-refractivity contribution is 5.92. The number of carboxylic acid groups (broad SMARTS) is 1. The normalized spacial score (nSPS) is 10.2. The molecule has 1 heterocycles. The molecule has 1 aromatic carbocycles. The first-order valence-corrected chi connectivity index (χ1v) is 5.57. The number of hydrogen-bond acceptors (Lipinski definition) is 5. The Hall–Kier alpha value is -2.50. The van der Waals surface area contributed by atoms with Crippen molar-refractivity contribution in [1.29, 1.82) is 0 Å². The highest BCUT2D eigenvalue weighted by atomic mass is 16.5. The lowest BCUT2D eigenvalue weighted by Gasteiger charge is -2.11. The van der Waals surface area contributed by atoms with Crippen molar-refractivity contribution in [3.8, 4) is 11.5 Å². The Labute approximate surface area is 109 Å². The Morgan fingerprint density at radius 1 is 1.47 bits per heavy atom. The number of rotatable bonds is 5. The van der Waals surface area contributed by atoms with Gasteiger partial charge in [0.05, 0.1) is 12.8 Å². The van der Waals surface area contributed by atoms with Crippen LogP contribution in [0.1, 0.15) is 21.8 Å². The first-order valence-electron chi connectivity index (χ1n) is 5.57. The van der Waals surface area contributed by atoms with Crippen LogP contribution in [0.4, 0.5) is 0 Å². The third-order valence-electron chi connectivity index (χ3n) is 2.46. The molecule has 1 aromatic heterocycles. The smallest absolute Gasteiger partial charge is 0.339 e. The number of aromatic carboxylic acids is 1. The average Bonchev–Trinajstić information content (AvgIpc) is 2.81. The standard InChI is InChI=1S/C13H13NO5/c1-8-6-9(19-14-8)7-18-12-10(13(15)16)4-3-5-11(12)17-2/h3-6H,7H2,1-2H3,(H,15,16). The molecule has 0 radical (unpaired) electrons. The fraction of sp³-hybridized carbons (Fsp3) is 0.231. The minimum atomic E-state index is -1.08. The Bertz CT molecular complexity index is 590. The van der Waals surface area contributed by atoms with Crippen molar-refractivity contribution in [3.63, 3.8) is 0 Å². The molecule has 19 heavy (non-hydrogen) atoms.